The summed E-state index contributed by atoms with van der Waals surface area (Å²) in [6, 6.07) is 10.4. The molecule has 0 bridgehead atoms. The molecule has 2 aliphatic carbocycles. The summed E-state index contributed by atoms with van der Waals surface area (Å²) in [5.74, 6) is 0.779. The van der Waals surface area contributed by atoms with Crippen LogP contribution < -0.4 is 10.1 Å². The molecular formula is C23H21F3N2O2. The van der Waals surface area contributed by atoms with Crippen LogP contribution in [0.2, 0.25) is 0 Å². The highest BCUT2D eigenvalue weighted by Gasteiger charge is 2.60. The number of aromatic amines is 1. The van der Waals surface area contributed by atoms with Gasteiger partial charge in [-0.25, -0.2) is 0 Å². The molecule has 2 N–H and O–H groups in total. The largest absolute Gasteiger partial charge is 0.489 e. The van der Waals surface area contributed by atoms with Gasteiger partial charge in [0.2, 0.25) is 5.91 Å². The summed E-state index contributed by atoms with van der Waals surface area (Å²) >= 11 is 0. The van der Waals surface area contributed by atoms with E-state index in [9.17, 15) is 18.0 Å². The van der Waals surface area contributed by atoms with Gasteiger partial charge in [-0.2, -0.15) is 13.2 Å². The minimum absolute atomic E-state index is 0.0756. The molecule has 4 nitrogen and oxygen atoms in total. The summed E-state index contributed by atoms with van der Waals surface area (Å²) in [6.07, 6.45) is 1.94. The average molecular weight is 414 g/mol. The van der Waals surface area contributed by atoms with Gasteiger partial charge in [-0.3, -0.25) is 4.79 Å². The van der Waals surface area contributed by atoms with E-state index in [1.807, 2.05) is 12.1 Å². The summed E-state index contributed by atoms with van der Waals surface area (Å²) in [5, 5.41) is 3.88. The Kier molecular flexibility index (Phi) is 4.31. The van der Waals surface area contributed by atoms with Crippen LogP contribution in [-0.4, -0.2) is 10.9 Å². The van der Waals surface area contributed by atoms with E-state index in [-0.39, 0.29) is 23.8 Å². The van der Waals surface area contributed by atoms with Gasteiger partial charge in [0.1, 0.15) is 12.4 Å². The molecule has 1 unspecified atom stereocenters. The van der Waals surface area contributed by atoms with Gasteiger partial charge in [0, 0.05) is 23.0 Å². The summed E-state index contributed by atoms with van der Waals surface area (Å²) in [5.41, 5.74) is 1.83. The normalized spacial score (nSPS) is 19.5. The topological polar surface area (TPSA) is 54.1 Å². The Labute approximate surface area is 171 Å². The third kappa shape index (κ3) is 3.42. The second-order valence-corrected chi connectivity index (χ2v) is 8.35. The number of alkyl halides is 3. The highest BCUT2D eigenvalue weighted by atomic mass is 19.4. The first-order valence-electron chi connectivity index (χ1n) is 10.1. The number of nitrogens with one attached hydrogen (secondary N) is 2. The van der Waals surface area contributed by atoms with Crippen LogP contribution in [0.1, 0.15) is 36.8 Å². The van der Waals surface area contributed by atoms with Crippen molar-refractivity contribution in [3.63, 3.8) is 0 Å². The van der Waals surface area contributed by atoms with Crippen LogP contribution in [0.3, 0.4) is 0 Å². The third-order valence-corrected chi connectivity index (χ3v) is 6.45. The van der Waals surface area contributed by atoms with Crippen LogP contribution in [0.5, 0.6) is 5.75 Å². The molecule has 1 spiro atoms. The fourth-order valence-electron chi connectivity index (χ4n) is 4.37. The maximum absolute atomic E-state index is 12.7. The van der Waals surface area contributed by atoms with E-state index in [0.717, 1.165) is 48.0 Å². The van der Waals surface area contributed by atoms with E-state index in [2.05, 4.69) is 10.3 Å². The van der Waals surface area contributed by atoms with Crippen molar-refractivity contribution in [2.24, 2.45) is 11.3 Å². The van der Waals surface area contributed by atoms with Crippen LogP contribution >= 0.6 is 0 Å². The van der Waals surface area contributed by atoms with Gasteiger partial charge in [-0.1, -0.05) is 18.6 Å². The first-order chi connectivity index (χ1) is 14.3. The number of H-pyrrole nitrogens is 1. The number of ether oxygens (including phenoxy) is 1. The minimum atomic E-state index is -4.35. The lowest BCUT2D eigenvalue weighted by Crippen LogP contribution is -2.23. The molecule has 2 fully saturated rings. The molecule has 30 heavy (non-hydrogen) atoms. The molecule has 2 aromatic carbocycles. The maximum atomic E-state index is 12.7. The number of rotatable bonds is 5. The van der Waals surface area contributed by atoms with Gasteiger partial charge < -0.3 is 15.0 Å². The number of anilines is 1. The highest BCUT2D eigenvalue weighted by molar-refractivity contribution is 6.03. The van der Waals surface area contributed by atoms with Gasteiger partial charge >= 0.3 is 6.18 Å². The minimum Gasteiger partial charge on any atom is -0.489 e. The molecule has 7 heteroatoms. The lowest BCUT2D eigenvalue weighted by atomic mass is 9.79. The van der Waals surface area contributed by atoms with E-state index in [1.54, 1.807) is 12.3 Å². The molecule has 1 amide bonds. The zero-order valence-corrected chi connectivity index (χ0v) is 16.2. The lowest BCUT2D eigenvalue weighted by Gasteiger charge is -2.26. The van der Waals surface area contributed by atoms with Crippen LogP contribution in [0.15, 0.2) is 48.7 Å². The fraction of sp³-hybridized carbons (Fsp3) is 0.348. The van der Waals surface area contributed by atoms with Gasteiger partial charge in [0.25, 0.3) is 0 Å². The lowest BCUT2D eigenvalue weighted by molar-refractivity contribution is -0.137. The number of hydrogen-bond acceptors (Lipinski definition) is 2. The quantitative estimate of drug-likeness (QED) is 0.547. The van der Waals surface area contributed by atoms with Gasteiger partial charge in [-0.05, 0) is 60.6 Å². The number of benzene rings is 2. The summed E-state index contributed by atoms with van der Waals surface area (Å²) < 4.78 is 43.8. The molecule has 1 heterocycles. The zero-order valence-electron chi connectivity index (χ0n) is 16.2. The number of fused-ring (bicyclic) bond motifs is 1. The molecule has 1 atom stereocenters. The Bertz CT molecular complexity index is 1100. The van der Waals surface area contributed by atoms with Crippen molar-refractivity contribution in [3.05, 3.63) is 59.8 Å². The number of carbonyl (C=O) groups is 1. The van der Waals surface area contributed by atoms with Crippen LogP contribution in [-0.2, 0) is 17.6 Å². The maximum Gasteiger partial charge on any atom is 0.416 e. The smallest absolute Gasteiger partial charge is 0.416 e. The van der Waals surface area contributed by atoms with Crippen LogP contribution in [0.4, 0.5) is 18.9 Å². The molecule has 2 aliphatic rings. The van der Waals surface area contributed by atoms with Gasteiger partial charge in [0.15, 0.2) is 0 Å². The van der Waals surface area contributed by atoms with E-state index in [1.165, 1.54) is 18.6 Å². The van der Waals surface area contributed by atoms with Crippen molar-refractivity contribution < 1.29 is 22.7 Å². The van der Waals surface area contributed by atoms with Crippen molar-refractivity contribution in [2.45, 2.75) is 38.5 Å². The van der Waals surface area contributed by atoms with E-state index >= 15 is 0 Å². The summed E-state index contributed by atoms with van der Waals surface area (Å²) in [7, 11) is 0. The number of carbonyl (C=O) groups excluding carboxylic acids is 1. The number of amides is 1. The zero-order chi connectivity index (χ0) is 20.9. The van der Waals surface area contributed by atoms with Crippen molar-refractivity contribution in [3.8, 4) is 5.75 Å². The molecule has 5 rings (SSSR count). The Hall–Kier alpha value is -2.96. The predicted molar refractivity (Wildman–Crippen MR) is 107 cm³/mol. The number of halogens is 3. The van der Waals surface area contributed by atoms with Crippen LogP contribution in [0.25, 0.3) is 10.9 Å². The number of aromatic nitrogens is 1. The standard InChI is InChI=1S/C23H21F3N2O2/c24-23(25,26)15-4-2-14(3-5-15)13-30-16-6-7-19-17(10-16)20(12-27-19)28-21(29)18-11-22(18)8-1-9-22/h2-7,10,12,18,27H,1,8-9,11,13H2,(H,28,29). The molecule has 0 saturated heterocycles. The van der Waals surface area contributed by atoms with E-state index in [4.69, 9.17) is 4.74 Å². The Balaban J connectivity index is 1.26. The predicted octanol–water partition coefficient (Wildman–Crippen LogP) is 5.89. The van der Waals surface area contributed by atoms with E-state index < -0.39 is 11.7 Å². The van der Waals surface area contributed by atoms with Crippen molar-refractivity contribution in [1.29, 1.82) is 0 Å². The third-order valence-electron chi connectivity index (χ3n) is 6.45. The second-order valence-electron chi connectivity index (χ2n) is 8.35. The SMILES string of the molecule is O=C(Nc1c[nH]c2ccc(OCc3ccc(C(F)(F)F)cc3)cc12)C1CC12CCC2. The summed E-state index contributed by atoms with van der Waals surface area (Å²) in [6.45, 7) is 0.153. The molecule has 3 aromatic rings. The summed E-state index contributed by atoms with van der Waals surface area (Å²) in [4.78, 5) is 15.7. The average Bonchev–Trinajstić information content (AvgIpc) is 3.37. The second kappa shape index (κ2) is 6.79. The fourth-order valence-corrected chi connectivity index (χ4v) is 4.37. The molecule has 2 saturated carbocycles. The Morgan fingerprint density at radius 2 is 1.93 bits per heavy atom. The Morgan fingerprint density at radius 1 is 1.17 bits per heavy atom. The van der Waals surface area contributed by atoms with Gasteiger partial charge in [-0.15, -0.1) is 0 Å². The van der Waals surface area contributed by atoms with Crippen molar-refractivity contribution in [2.75, 3.05) is 5.32 Å². The van der Waals surface area contributed by atoms with E-state index in [0.29, 0.717) is 11.3 Å². The molecule has 1 aromatic heterocycles. The molecule has 0 aliphatic heterocycles. The van der Waals surface area contributed by atoms with Crippen molar-refractivity contribution >= 4 is 22.5 Å². The molecule has 156 valence electrons. The molecular weight excluding hydrogens is 393 g/mol. The molecule has 0 radical (unpaired) electrons. The van der Waals surface area contributed by atoms with Crippen LogP contribution in [0, 0.1) is 11.3 Å². The monoisotopic (exact) mass is 414 g/mol. The number of hydrogen-bond donors (Lipinski definition) is 2. The first-order valence-corrected chi connectivity index (χ1v) is 10.1. The van der Waals surface area contributed by atoms with Crippen molar-refractivity contribution in [1.82, 2.24) is 4.98 Å². The Morgan fingerprint density at radius 3 is 2.57 bits per heavy atom. The highest BCUT2D eigenvalue weighted by Crippen LogP contribution is 2.65. The first kappa shape index (κ1) is 19.0. The van der Waals surface area contributed by atoms with Gasteiger partial charge in [0.05, 0.1) is 11.3 Å².